The van der Waals surface area contributed by atoms with Crippen LogP contribution < -0.4 is 0 Å². The first-order chi connectivity index (χ1) is 3.41. The van der Waals surface area contributed by atoms with Gasteiger partial charge in [0.2, 0.25) is 0 Å². The predicted molar refractivity (Wildman–Crippen MR) is 26.6 cm³/mol. The van der Waals surface area contributed by atoms with Crippen molar-refractivity contribution in [2.45, 2.75) is 13.3 Å². The lowest BCUT2D eigenvalue weighted by molar-refractivity contribution is -0.123. The third-order valence-corrected chi connectivity index (χ3v) is 0.466. The highest BCUT2D eigenvalue weighted by molar-refractivity contribution is 5.38. The van der Waals surface area contributed by atoms with Gasteiger partial charge < -0.3 is 4.74 Å². The van der Waals surface area contributed by atoms with Crippen molar-refractivity contribution in [1.82, 2.24) is 0 Å². The van der Waals surface area contributed by atoms with Gasteiger partial charge in [-0.05, 0) is 12.5 Å². The third-order valence-electron chi connectivity index (χ3n) is 0.466. The first kappa shape index (κ1) is 6.21. The zero-order valence-electron chi connectivity index (χ0n) is 4.26. The van der Waals surface area contributed by atoms with Crippen LogP contribution in [0.4, 0.5) is 0 Å². The fourth-order valence-electron chi connectivity index (χ4n) is 0.184. The van der Waals surface area contributed by atoms with Crippen LogP contribution in [-0.4, -0.2) is 6.47 Å². The number of carbonyl (C=O) groups is 1. The molecule has 40 valence electrons. The number of ether oxygens (including phenoxy) is 1. The zero-order chi connectivity index (χ0) is 5.54. The van der Waals surface area contributed by atoms with Crippen molar-refractivity contribution in [3.63, 3.8) is 0 Å². The second-order valence-electron chi connectivity index (χ2n) is 1.01. The molecule has 0 aromatic carbocycles. The summed E-state index contributed by atoms with van der Waals surface area (Å²) < 4.78 is 4.21. The molecule has 0 atom stereocenters. The molecular formula is C5H8O2. The Bertz CT molecular complexity index is 66.5. The molecule has 0 saturated carbocycles. The van der Waals surface area contributed by atoms with Gasteiger partial charge in [-0.2, -0.15) is 0 Å². The molecule has 0 radical (unpaired) electrons. The van der Waals surface area contributed by atoms with Crippen molar-refractivity contribution >= 4 is 6.47 Å². The van der Waals surface area contributed by atoms with E-state index in [2.05, 4.69) is 4.74 Å². The molecule has 0 aromatic rings. The molecule has 0 aliphatic rings. The van der Waals surface area contributed by atoms with Gasteiger partial charge in [0, 0.05) is 0 Å². The number of carbonyl (C=O) groups excluding carboxylic acids is 1. The van der Waals surface area contributed by atoms with Gasteiger partial charge in [0.25, 0.3) is 6.47 Å². The standard InChI is InChI=1S/C5H8O2/c1-2-3-4-7-5-6/h3-5H,2H2,1H3. The average Bonchev–Trinajstić information content (AvgIpc) is 1.69. The maximum Gasteiger partial charge on any atom is 0.297 e. The van der Waals surface area contributed by atoms with Crippen LogP contribution in [0.2, 0.25) is 0 Å². The fraction of sp³-hybridized carbons (Fsp3) is 0.400. The van der Waals surface area contributed by atoms with E-state index in [4.69, 9.17) is 0 Å². The summed E-state index contributed by atoms with van der Waals surface area (Å²) in [5.74, 6) is 0. The monoisotopic (exact) mass is 100 g/mol. The zero-order valence-corrected chi connectivity index (χ0v) is 4.26. The Morgan fingerprint density at radius 3 is 2.86 bits per heavy atom. The summed E-state index contributed by atoms with van der Waals surface area (Å²) in [5.41, 5.74) is 0. The Labute approximate surface area is 42.8 Å². The molecule has 0 rings (SSSR count). The van der Waals surface area contributed by atoms with Crippen molar-refractivity contribution in [3.8, 4) is 0 Å². The van der Waals surface area contributed by atoms with Crippen molar-refractivity contribution in [2.24, 2.45) is 0 Å². The molecule has 7 heavy (non-hydrogen) atoms. The van der Waals surface area contributed by atoms with Crippen LogP contribution in [0.15, 0.2) is 12.3 Å². The lowest BCUT2D eigenvalue weighted by Gasteiger charge is -1.78. The molecule has 0 saturated heterocycles. The molecule has 0 aliphatic heterocycles. The van der Waals surface area contributed by atoms with E-state index >= 15 is 0 Å². The molecule has 0 heterocycles. The summed E-state index contributed by atoms with van der Waals surface area (Å²) in [7, 11) is 0. The molecule has 0 bridgehead atoms. The van der Waals surface area contributed by atoms with Gasteiger partial charge in [-0.15, -0.1) is 0 Å². The first-order valence-corrected chi connectivity index (χ1v) is 2.16. The normalized spacial score (nSPS) is 9.29. The molecule has 0 aliphatic carbocycles. The molecule has 0 amide bonds. The van der Waals surface area contributed by atoms with Gasteiger partial charge >= 0.3 is 0 Å². The van der Waals surface area contributed by atoms with Crippen molar-refractivity contribution in [1.29, 1.82) is 0 Å². The Morgan fingerprint density at radius 1 is 1.71 bits per heavy atom. The lowest BCUT2D eigenvalue weighted by atomic mass is 10.5. The van der Waals surface area contributed by atoms with Gasteiger partial charge in [0.1, 0.15) is 0 Å². The van der Waals surface area contributed by atoms with Crippen LogP contribution in [0, 0.1) is 0 Å². The van der Waals surface area contributed by atoms with Crippen molar-refractivity contribution < 1.29 is 9.53 Å². The van der Waals surface area contributed by atoms with E-state index < -0.39 is 0 Å². The number of hydrogen-bond acceptors (Lipinski definition) is 2. The largest absolute Gasteiger partial charge is 0.437 e. The summed E-state index contributed by atoms with van der Waals surface area (Å²) in [6.45, 7) is 2.36. The Morgan fingerprint density at radius 2 is 2.43 bits per heavy atom. The van der Waals surface area contributed by atoms with Crippen LogP contribution in [0.1, 0.15) is 13.3 Å². The van der Waals surface area contributed by atoms with Gasteiger partial charge in [0.05, 0.1) is 6.26 Å². The summed E-state index contributed by atoms with van der Waals surface area (Å²) in [4.78, 5) is 9.41. The maximum absolute atomic E-state index is 9.41. The summed E-state index contributed by atoms with van der Waals surface area (Å²) in [5, 5.41) is 0. The molecule has 0 spiro atoms. The smallest absolute Gasteiger partial charge is 0.297 e. The Hall–Kier alpha value is -0.790. The Balaban J connectivity index is 2.92. The maximum atomic E-state index is 9.41. The highest BCUT2D eigenvalue weighted by atomic mass is 16.5. The van der Waals surface area contributed by atoms with Crippen molar-refractivity contribution in [2.75, 3.05) is 0 Å². The van der Waals surface area contributed by atoms with Crippen LogP contribution in [0.3, 0.4) is 0 Å². The van der Waals surface area contributed by atoms with E-state index in [1.807, 2.05) is 6.92 Å². The quantitative estimate of drug-likeness (QED) is 0.392. The van der Waals surface area contributed by atoms with E-state index in [1.165, 1.54) is 6.26 Å². The molecule has 0 fully saturated rings. The van der Waals surface area contributed by atoms with Crippen LogP contribution in [-0.2, 0) is 9.53 Å². The predicted octanol–water partition coefficient (Wildman–Crippen LogP) is 1.08. The minimum Gasteiger partial charge on any atom is -0.437 e. The number of rotatable bonds is 3. The highest BCUT2D eigenvalue weighted by Gasteiger charge is 1.64. The van der Waals surface area contributed by atoms with Crippen molar-refractivity contribution in [3.05, 3.63) is 12.3 Å². The highest BCUT2D eigenvalue weighted by Crippen LogP contribution is 1.77. The fourth-order valence-corrected chi connectivity index (χ4v) is 0.184. The second-order valence-corrected chi connectivity index (χ2v) is 1.01. The van der Waals surface area contributed by atoms with E-state index in [-0.39, 0.29) is 0 Å². The third kappa shape index (κ3) is 5.21. The molecule has 0 unspecified atom stereocenters. The second kappa shape index (κ2) is 5.21. The topological polar surface area (TPSA) is 26.3 Å². The molecule has 2 nitrogen and oxygen atoms in total. The van der Waals surface area contributed by atoms with Gasteiger partial charge in [-0.3, -0.25) is 4.79 Å². The summed E-state index contributed by atoms with van der Waals surface area (Å²) >= 11 is 0. The van der Waals surface area contributed by atoms with Gasteiger partial charge in [0.15, 0.2) is 0 Å². The minimum absolute atomic E-state index is 0.395. The van der Waals surface area contributed by atoms with E-state index in [0.717, 1.165) is 6.42 Å². The van der Waals surface area contributed by atoms with Crippen LogP contribution >= 0.6 is 0 Å². The molecule has 0 N–H and O–H groups in total. The van der Waals surface area contributed by atoms with E-state index in [9.17, 15) is 4.79 Å². The van der Waals surface area contributed by atoms with E-state index in [1.54, 1.807) is 6.08 Å². The van der Waals surface area contributed by atoms with Gasteiger partial charge in [-0.1, -0.05) is 6.92 Å². The SMILES string of the molecule is CCC=COC=O. The molecule has 0 aromatic heterocycles. The van der Waals surface area contributed by atoms with Gasteiger partial charge in [-0.25, -0.2) is 0 Å². The Kier molecular flexibility index (Phi) is 4.62. The summed E-state index contributed by atoms with van der Waals surface area (Å²) in [6.07, 6.45) is 4.02. The number of allylic oxidation sites excluding steroid dienone is 1. The van der Waals surface area contributed by atoms with E-state index in [0.29, 0.717) is 6.47 Å². The molecular weight excluding hydrogens is 92.1 g/mol. The molecule has 2 heteroatoms. The first-order valence-electron chi connectivity index (χ1n) is 2.16. The van der Waals surface area contributed by atoms with Crippen LogP contribution in [0.25, 0.3) is 0 Å². The number of hydrogen-bond donors (Lipinski definition) is 0. The average molecular weight is 100 g/mol. The van der Waals surface area contributed by atoms with Crippen LogP contribution in [0.5, 0.6) is 0 Å². The minimum atomic E-state index is 0.395. The summed E-state index contributed by atoms with van der Waals surface area (Å²) in [6, 6.07) is 0. The lowest BCUT2D eigenvalue weighted by Crippen LogP contribution is -1.70.